The molecule has 98 valence electrons. The van der Waals surface area contributed by atoms with Gasteiger partial charge in [-0.2, -0.15) is 4.57 Å². The number of amides is 1. The van der Waals surface area contributed by atoms with Crippen LogP contribution in [0.2, 0.25) is 0 Å². The van der Waals surface area contributed by atoms with E-state index >= 15 is 0 Å². The van der Waals surface area contributed by atoms with Crippen molar-refractivity contribution < 1.29 is 24.1 Å². The van der Waals surface area contributed by atoms with E-state index in [4.69, 9.17) is 9.90 Å². The van der Waals surface area contributed by atoms with E-state index in [1.54, 1.807) is 12.1 Å². The van der Waals surface area contributed by atoms with E-state index in [1.165, 1.54) is 18.4 Å². The second kappa shape index (κ2) is 7.16. The lowest BCUT2D eigenvalue weighted by Crippen LogP contribution is -2.46. The van der Waals surface area contributed by atoms with E-state index in [-0.39, 0.29) is 11.8 Å². The topological polar surface area (TPSA) is 90.2 Å². The first-order valence-electron chi connectivity index (χ1n) is 5.23. The third-order valence-corrected chi connectivity index (χ3v) is 1.80. The van der Waals surface area contributed by atoms with Crippen LogP contribution in [-0.4, -0.2) is 17.8 Å². The molecule has 0 saturated heterocycles. The van der Waals surface area contributed by atoms with Crippen LogP contribution in [0.4, 0.5) is 5.82 Å². The Kier molecular flexibility index (Phi) is 6.27. The van der Waals surface area contributed by atoms with Crippen LogP contribution in [0.5, 0.6) is 0 Å². The molecule has 1 aromatic rings. The highest BCUT2D eigenvalue weighted by atomic mass is 16.4. The molecule has 6 heteroatoms. The average Bonchev–Trinajstić information content (AvgIpc) is 2.14. The van der Waals surface area contributed by atoms with Crippen molar-refractivity contribution in [2.24, 2.45) is 0 Å². The second-order valence-electron chi connectivity index (χ2n) is 3.58. The Balaban J connectivity index is 0.000000631. The Hall–Kier alpha value is -2.24. The number of nitrogens with zero attached hydrogens (tertiary/aromatic N) is 1. The van der Waals surface area contributed by atoms with Gasteiger partial charge in [-0.1, -0.05) is 6.07 Å². The van der Waals surface area contributed by atoms with Gasteiger partial charge in [-0.25, -0.2) is 14.9 Å². The summed E-state index contributed by atoms with van der Waals surface area (Å²) >= 11 is 0. The summed E-state index contributed by atoms with van der Waals surface area (Å²) in [5, 5.41) is 11.5. The highest BCUT2D eigenvalue weighted by Gasteiger charge is 2.16. The van der Waals surface area contributed by atoms with Crippen molar-refractivity contribution in [1.82, 2.24) is 0 Å². The standard InChI is InChI=1S/C10H12N2O2.C2H4O2/c1-7-5-4-6-10(11-8(2)13)12(7)9(3)14;1-2(3)4/h4-6H,1-3H3;1H3,(H,3,4). The molecule has 0 bridgehead atoms. The molecule has 0 aliphatic heterocycles. The first-order valence-corrected chi connectivity index (χ1v) is 5.23. The molecule has 6 nitrogen and oxygen atoms in total. The third kappa shape index (κ3) is 5.74. The van der Waals surface area contributed by atoms with Gasteiger partial charge in [0.05, 0.1) is 0 Å². The van der Waals surface area contributed by atoms with Crippen LogP contribution < -0.4 is 15.0 Å². The molecule has 0 fully saturated rings. The summed E-state index contributed by atoms with van der Waals surface area (Å²) in [6.45, 7) is 5.65. The van der Waals surface area contributed by atoms with Gasteiger partial charge in [-0.05, 0) is 19.9 Å². The number of carboxylic acid groups (broad SMARTS) is 1. The van der Waals surface area contributed by atoms with Crippen LogP contribution in [0.1, 0.15) is 31.3 Å². The van der Waals surface area contributed by atoms with Gasteiger partial charge >= 0.3 is 11.8 Å². The Morgan fingerprint density at radius 1 is 1.17 bits per heavy atom. The molecule has 0 atom stereocenters. The monoisotopic (exact) mass is 252 g/mol. The molecule has 0 aliphatic carbocycles. The number of pyridine rings is 1. The van der Waals surface area contributed by atoms with Gasteiger partial charge in [0.25, 0.3) is 5.82 Å². The van der Waals surface area contributed by atoms with Crippen molar-refractivity contribution in [3.63, 3.8) is 0 Å². The molecule has 1 amide bonds. The van der Waals surface area contributed by atoms with Crippen molar-refractivity contribution in [3.8, 4) is 0 Å². The Morgan fingerprint density at radius 3 is 2.06 bits per heavy atom. The normalized spacial score (nSPS) is 8.89. The Labute approximate surface area is 105 Å². The maximum absolute atomic E-state index is 11.3. The predicted molar refractivity (Wildman–Crippen MR) is 62.7 cm³/mol. The number of anilines is 1. The summed E-state index contributed by atoms with van der Waals surface area (Å²) in [6, 6.07) is 5.29. The van der Waals surface area contributed by atoms with Crippen LogP contribution in [0.15, 0.2) is 18.2 Å². The van der Waals surface area contributed by atoms with E-state index in [2.05, 4.69) is 5.32 Å². The van der Waals surface area contributed by atoms with Crippen molar-refractivity contribution in [2.45, 2.75) is 27.7 Å². The van der Waals surface area contributed by atoms with Crippen molar-refractivity contribution >= 4 is 23.6 Å². The first-order chi connectivity index (χ1) is 8.25. The molecule has 0 radical (unpaired) electrons. The van der Waals surface area contributed by atoms with Gasteiger partial charge in [-0.3, -0.25) is 0 Å². The average molecular weight is 252 g/mol. The summed E-state index contributed by atoms with van der Waals surface area (Å²) in [5.74, 6) is -0.887. The summed E-state index contributed by atoms with van der Waals surface area (Å²) < 4.78 is 1.46. The highest BCUT2D eigenvalue weighted by Crippen LogP contribution is 2.01. The molecule has 1 heterocycles. The number of hydrogen-bond acceptors (Lipinski definition) is 4. The minimum atomic E-state index is -1.08. The molecule has 1 rings (SSSR count). The van der Waals surface area contributed by atoms with Gasteiger partial charge in [-0.15, -0.1) is 0 Å². The van der Waals surface area contributed by atoms with E-state index in [0.29, 0.717) is 5.82 Å². The molecular formula is C12H16N2O4. The van der Waals surface area contributed by atoms with Gasteiger partial charge in [0.1, 0.15) is 5.69 Å². The largest absolute Gasteiger partial charge is 0.550 e. The lowest BCUT2D eigenvalue weighted by atomic mass is 10.3. The van der Waals surface area contributed by atoms with Gasteiger partial charge in [0, 0.05) is 25.9 Å². The minimum Gasteiger partial charge on any atom is -0.550 e. The fourth-order valence-electron chi connectivity index (χ4n) is 1.31. The van der Waals surface area contributed by atoms with Crippen molar-refractivity contribution in [3.05, 3.63) is 23.9 Å². The van der Waals surface area contributed by atoms with Crippen molar-refractivity contribution in [1.29, 1.82) is 0 Å². The summed E-state index contributed by atoms with van der Waals surface area (Å²) in [7, 11) is 0. The SMILES string of the molecule is CC(=O)Nc1cccc(C)[n+]1C(C)=O.CC(=O)[O-]. The van der Waals surface area contributed by atoms with Gasteiger partial charge in [0.15, 0.2) is 0 Å². The Bertz CT molecular complexity index is 465. The van der Waals surface area contributed by atoms with Crippen LogP contribution in [0, 0.1) is 6.92 Å². The number of hydrogen-bond donors (Lipinski definition) is 1. The lowest BCUT2D eigenvalue weighted by Gasteiger charge is -2.03. The summed E-state index contributed by atoms with van der Waals surface area (Å²) in [5.41, 5.74) is 0.795. The van der Waals surface area contributed by atoms with Crippen LogP contribution in [0.25, 0.3) is 0 Å². The molecular weight excluding hydrogens is 236 g/mol. The predicted octanol–water partition coefficient (Wildman–Crippen LogP) is -0.343. The quantitative estimate of drug-likeness (QED) is 0.692. The first kappa shape index (κ1) is 15.8. The molecule has 0 saturated carbocycles. The third-order valence-electron chi connectivity index (χ3n) is 1.80. The number of aryl methyl sites for hydroxylation is 1. The highest BCUT2D eigenvalue weighted by molar-refractivity contribution is 5.87. The van der Waals surface area contributed by atoms with E-state index < -0.39 is 5.97 Å². The number of rotatable bonds is 1. The van der Waals surface area contributed by atoms with Crippen LogP contribution in [0.3, 0.4) is 0 Å². The lowest BCUT2D eigenvalue weighted by molar-refractivity contribution is -0.564. The summed E-state index contributed by atoms with van der Waals surface area (Å²) in [4.78, 5) is 31.0. The number of carbonyl (C=O) groups excluding carboxylic acids is 3. The molecule has 1 N–H and O–H groups in total. The zero-order valence-electron chi connectivity index (χ0n) is 10.8. The smallest absolute Gasteiger partial charge is 0.311 e. The number of carboxylic acids is 1. The Morgan fingerprint density at radius 2 is 1.67 bits per heavy atom. The molecule has 0 spiro atoms. The molecule has 1 aromatic heterocycles. The second-order valence-corrected chi connectivity index (χ2v) is 3.58. The van der Waals surface area contributed by atoms with E-state index in [9.17, 15) is 9.59 Å². The maximum Gasteiger partial charge on any atom is 0.311 e. The fourth-order valence-corrected chi connectivity index (χ4v) is 1.31. The minimum absolute atomic E-state index is 0.119. The fraction of sp³-hybridized carbons (Fsp3) is 0.333. The number of carbonyl (C=O) groups is 3. The van der Waals surface area contributed by atoms with E-state index in [0.717, 1.165) is 12.6 Å². The number of nitrogens with one attached hydrogen (secondary N) is 1. The zero-order valence-corrected chi connectivity index (χ0v) is 10.8. The van der Waals surface area contributed by atoms with Crippen molar-refractivity contribution in [2.75, 3.05) is 5.32 Å². The molecule has 18 heavy (non-hydrogen) atoms. The zero-order chi connectivity index (χ0) is 14.3. The number of aromatic nitrogens is 1. The number of aliphatic carboxylic acids is 1. The molecule has 0 aromatic carbocycles. The molecule has 0 aliphatic rings. The molecule has 0 unspecified atom stereocenters. The van der Waals surface area contributed by atoms with E-state index in [1.807, 2.05) is 13.0 Å². The van der Waals surface area contributed by atoms with Gasteiger partial charge < -0.3 is 9.90 Å². The maximum atomic E-state index is 11.3. The summed E-state index contributed by atoms with van der Waals surface area (Å²) in [6.07, 6.45) is 0. The van der Waals surface area contributed by atoms with Crippen LogP contribution in [-0.2, 0) is 9.59 Å². The van der Waals surface area contributed by atoms with Crippen LogP contribution >= 0.6 is 0 Å². The van der Waals surface area contributed by atoms with Gasteiger partial charge in [0.2, 0.25) is 0 Å².